The molecule has 2 aliphatic rings. The first-order valence-electron chi connectivity index (χ1n) is 13.7. The van der Waals surface area contributed by atoms with Crippen LogP contribution in [0.1, 0.15) is 30.9 Å². The molecule has 6 nitrogen and oxygen atoms in total. The van der Waals surface area contributed by atoms with Gasteiger partial charge in [0.15, 0.2) is 11.5 Å². The van der Waals surface area contributed by atoms with E-state index in [0.29, 0.717) is 11.8 Å². The molecule has 0 bridgehead atoms. The molecular weight excluding hydrogens is 462 g/mol. The number of phenols is 3. The number of rotatable bonds is 8. The second-order valence-corrected chi connectivity index (χ2v) is 10.4. The van der Waals surface area contributed by atoms with Crippen LogP contribution in [0.4, 0.5) is 5.69 Å². The van der Waals surface area contributed by atoms with E-state index >= 15 is 0 Å². The highest BCUT2D eigenvalue weighted by Gasteiger charge is 2.26. The van der Waals surface area contributed by atoms with E-state index in [4.69, 9.17) is 0 Å². The summed E-state index contributed by atoms with van der Waals surface area (Å²) in [5, 5.41) is 29.6. The maximum Gasteiger partial charge on any atom is 0.158 e. The van der Waals surface area contributed by atoms with Gasteiger partial charge in [-0.25, -0.2) is 0 Å². The van der Waals surface area contributed by atoms with E-state index < -0.39 is 0 Å². The molecular formula is C31H39N3O3. The molecule has 1 heterocycles. The van der Waals surface area contributed by atoms with Crippen LogP contribution >= 0.6 is 0 Å². The zero-order valence-corrected chi connectivity index (χ0v) is 21.8. The van der Waals surface area contributed by atoms with Crippen molar-refractivity contribution in [3.05, 3.63) is 71.8 Å². The molecule has 1 fully saturated rings. The monoisotopic (exact) mass is 501 g/mol. The summed E-state index contributed by atoms with van der Waals surface area (Å²) in [7, 11) is 0. The number of nitrogens with zero attached hydrogens (tertiary/aromatic N) is 3. The molecule has 0 amide bonds. The normalized spacial score (nSPS) is 18.2. The molecule has 3 aromatic rings. The van der Waals surface area contributed by atoms with Crippen molar-refractivity contribution in [2.45, 2.75) is 38.6 Å². The van der Waals surface area contributed by atoms with E-state index in [1.54, 1.807) is 6.07 Å². The van der Waals surface area contributed by atoms with E-state index in [2.05, 4.69) is 52.0 Å². The zero-order chi connectivity index (χ0) is 25.8. The SMILES string of the molecule is CCCN(CCN1CCN(c2ccc(-c3ccc(O)c(O)c3)cc2)CC1)C1CCc2c(O)cccc2C1. The smallest absolute Gasteiger partial charge is 0.158 e. The molecule has 1 aliphatic carbocycles. The lowest BCUT2D eigenvalue weighted by molar-refractivity contribution is 0.145. The quantitative estimate of drug-likeness (QED) is 0.383. The van der Waals surface area contributed by atoms with E-state index in [-0.39, 0.29) is 11.5 Å². The van der Waals surface area contributed by atoms with Crippen LogP contribution in [0.5, 0.6) is 17.2 Å². The van der Waals surface area contributed by atoms with Crippen molar-refractivity contribution in [1.82, 2.24) is 9.80 Å². The Morgan fingerprint density at radius 1 is 0.811 bits per heavy atom. The average Bonchev–Trinajstić information content (AvgIpc) is 2.93. The van der Waals surface area contributed by atoms with Crippen molar-refractivity contribution in [2.75, 3.05) is 50.7 Å². The van der Waals surface area contributed by atoms with Crippen LogP contribution in [-0.2, 0) is 12.8 Å². The molecule has 6 heteroatoms. The summed E-state index contributed by atoms with van der Waals surface area (Å²) < 4.78 is 0. The van der Waals surface area contributed by atoms with Gasteiger partial charge in [0.2, 0.25) is 0 Å². The van der Waals surface area contributed by atoms with Gasteiger partial charge in [-0.2, -0.15) is 0 Å². The third-order valence-corrected chi connectivity index (χ3v) is 8.08. The second-order valence-electron chi connectivity index (χ2n) is 10.4. The van der Waals surface area contributed by atoms with Crippen molar-refractivity contribution < 1.29 is 15.3 Å². The fraction of sp³-hybridized carbons (Fsp3) is 0.419. The van der Waals surface area contributed by atoms with Crippen LogP contribution in [0.2, 0.25) is 0 Å². The largest absolute Gasteiger partial charge is 0.508 e. The van der Waals surface area contributed by atoms with Gasteiger partial charge in [0.1, 0.15) is 5.75 Å². The van der Waals surface area contributed by atoms with Crippen LogP contribution < -0.4 is 4.90 Å². The van der Waals surface area contributed by atoms with E-state index in [1.807, 2.05) is 18.2 Å². The lowest BCUT2D eigenvalue weighted by Gasteiger charge is -2.39. The highest BCUT2D eigenvalue weighted by Crippen LogP contribution is 2.32. The molecule has 0 aromatic heterocycles. The topological polar surface area (TPSA) is 70.4 Å². The van der Waals surface area contributed by atoms with Gasteiger partial charge in [0.25, 0.3) is 0 Å². The maximum atomic E-state index is 10.2. The molecule has 5 rings (SSSR count). The van der Waals surface area contributed by atoms with Gasteiger partial charge in [0.05, 0.1) is 0 Å². The Morgan fingerprint density at radius 2 is 1.57 bits per heavy atom. The molecule has 1 aliphatic heterocycles. The first kappa shape index (κ1) is 25.4. The number of piperazine rings is 1. The predicted molar refractivity (Wildman–Crippen MR) is 150 cm³/mol. The summed E-state index contributed by atoms with van der Waals surface area (Å²) in [6.07, 6.45) is 4.30. The predicted octanol–water partition coefficient (Wildman–Crippen LogP) is 4.86. The molecule has 0 radical (unpaired) electrons. The number of anilines is 1. The number of phenolic OH excluding ortho intramolecular Hbond substituents is 3. The summed E-state index contributed by atoms with van der Waals surface area (Å²) in [4.78, 5) is 7.72. The lowest BCUT2D eigenvalue weighted by atomic mass is 9.87. The highest BCUT2D eigenvalue weighted by atomic mass is 16.3. The van der Waals surface area contributed by atoms with E-state index in [0.717, 1.165) is 88.2 Å². The van der Waals surface area contributed by atoms with Crippen molar-refractivity contribution in [3.8, 4) is 28.4 Å². The maximum absolute atomic E-state index is 10.2. The van der Waals surface area contributed by atoms with Gasteiger partial charge in [-0.05, 0) is 84.8 Å². The number of aromatic hydroxyl groups is 3. The van der Waals surface area contributed by atoms with Crippen LogP contribution in [0.25, 0.3) is 11.1 Å². The summed E-state index contributed by atoms with van der Waals surface area (Å²) in [6, 6.07) is 19.9. The second kappa shape index (κ2) is 11.4. The Labute approximate surface area is 220 Å². The Hall–Kier alpha value is -3.22. The average molecular weight is 502 g/mol. The Bertz CT molecular complexity index is 1190. The first-order valence-corrected chi connectivity index (χ1v) is 13.7. The van der Waals surface area contributed by atoms with Crippen LogP contribution in [-0.4, -0.2) is 77.0 Å². The van der Waals surface area contributed by atoms with Gasteiger partial charge in [-0.15, -0.1) is 0 Å². The van der Waals surface area contributed by atoms with Crippen molar-refractivity contribution in [2.24, 2.45) is 0 Å². The molecule has 1 unspecified atom stereocenters. The Balaban J connectivity index is 1.13. The summed E-state index contributed by atoms with van der Waals surface area (Å²) in [5.41, 5.74) is 5.61. The minimum Gasteiger partial charge on any atom is -0.508 e. The van der Waals surface area contributed by atoms with E-state index in [9.17, 15) is 15.3 Å². The van der Waals surface area contributed by atoms with Gasteiger partial charge < -0.3 is 20.2 Å². The molecule has 3 aromatic carbocycles. The number of hydrogen-bond donors (Lipinski definition) is 3. The summed E-state index contributed by atoms with van der Waals surface area (Å²) in [6.45, 7) is 9.76. The van der Waals surface area contributed by atoms with Gasteiger partial charge in [-0.1, -0.05) is 37.3 Å². The van der Waals surface area contributed by atoms with Crippen LogP contribution in [0.15, 0.2) is 60.7 Å². The van der Waals surface area contributed by atoms with Crippen LogP contribution in [0.3, 0.4) is 0 Å². The lowest BCUT2D eigenvalue weighted by Crippen LogP contribution is -2.50. The molecule has 3 N–H and O–H groups in total. The number of benzene rings is 3. The minimum absolute atomic E-state index is 0.0946. The number of fused-ring (bicyclic) bond motifs is 1. The van der Waals surface area contributed by atoms with Crippen molar-refractivity contribution in [1.29, 1.82) is 0 Å². The Kier molecular flexibility index (Phi) is 7.87. The highest BCUT2D eigenvalue weighted by molar-refractivity contribution is 5.69. The first-order chi connectivity index (χ1) is 18.0. The van der Waals surface area contributed by atoms with Crippen molar-refractivity contribution >= 4 is 5.69 Å². The fourth-order valence-corrected chi connectivity index (χ4v) is 5.91. The molecule has 1 atom stereocenters. The fourth-order valence-electron chi connectivity index (χ4n) is 5.91. The minimum atomic E-state index is -0.0968. The van der Waals surface area contributed by atoms with Crippen LogP contribution in [0, 0.1) is 0 Å². The standard InChI is InChI=1S/C31H39N3O3/c1-2-14-33(27-11-12-28-25(21-27)4-3-5-29(28)35)18-15-32-16-19-34(20-17-32)26-9-6-23(7-10-26)24-8-13-30(36)31(37)22-24/h3-10,13,22,27,35-37H,2,11-12,14-21H2,1H3. The molecule has 1 saturated heterocycles. The molecule has 37 heavy (non-hydrogen) atoms. The zero-order valence-electron chi connectivity index (χ0n) is 21.8. The van der Waals surface area contributed by atoms with Gasteiger partial charge in [-0.3, -0.25) is 9.80 Å². The summed E-state index contributed by atoms with van der Waals surface area (Å²) >= 11 is 0. The Morgan fingerprint density at radius 3 is 2.30 bits per heavy atom. The third-order valence-electron chi connectivity index (χ3n) is 8.08. The molecule has 196 valence electrons. The third kappa shape index (κ3) is 5.86. The van der Waals surface area contributed by atoms with Crippen molar-refractivity contribution in [3.63, 3.8) is 0 Å². The molecule has 0 spiro atoms. The van der Waals surface area contributed by atoms with E-state index in [1.165, 1.54) is 17.3 Å². The molecule has 0 saturated carbocycles. The number of hydrogen-bond acceptors (Lipinski definition) is 6. The van der Waals surface area contributed by atoms with Gasteiger partial charge >= 0.3 is 0 Å². The van der Waals surface area contributed by atoms with Gasteiger partial charge in [0, 0.05) is 51.0 Å². The summed E-state index contributed by atoms with van der Waals surface area (Å²) in [5.74, 6) is 0.272.